The van der Waals surface area contributed by atoms with Gasteiger partial charge in [-0.2, -0.15) is 0 Å². The van der Waals surface area contributed by atoms with Gasteiger partial charge in [0.1, 0.15) is 0 Å². The molecule has 20 heavy (non-hydrogen) atoms. The molecule has 1 rings (SSSR count). The number of rotatable bonds is 8. The van der Waals surface area contributed by atoms with Gasteiger partial charge in [-0.3, -0.25) is 0 Å². The highest BCUT2D eigenvalue weighted by Gasteiger charge is 2.34. The van der Waals surface area contributed by atoms with Crippen molar-refractivity contribution in [2.24, 2.45) is 17.3 Å². The van der Waals surface area contributed by atoms with Gasteiger partial charge in [0.2, 0.25) is 0 Å². The number of hydrogen-bond acceptors (Lipinski definition) is 0. The van der Waals surface area contributed by atoms with Crippen LogP contribution in [0.4, 0.5) is 0 Å². The minimum absolute atomic E-state index is 0.452. The Hall–Kier alpha value is 0.290. The minimum atomic E-state index is 0.452. The van der Waals surface area contributed by atoms with E-state index in [0.717, 1.165) is 11.8 Å². The number of alkyl halides is 1. The molecular weight excluding hydrogens is 264 g/mol. The van der Waals surface area contributed by atoms with Crippen LogP contribution < -0.4 is 0 Å². The summed E-state index contributed by atoms with van der Waals surface area (Å²) in [4.78, 5) is 0. The van der Waals surface area contributed by atoms with Crippen molar-refractivity contribution in [3.8, 4) is 0 Å². The largest absolute Gasteiger partial charge is 0.123 e. The summed E-state index contributed by atoms with van der Waals surface area (Å²) < 4.78 is 0. The van der Waals surface area contributed by atoms with E-state index in [1.54, 1.807) is 0 Å². The van der Waals surface area contributed by atoms with Gasteiger partial charge in [-0.15, -0.1) is 11.6 Å². The lowest BCUT2D eigenvalue weighted by atomic mass is 9.68. The van der Waals surface area contributed by atoms with Gasteiger partial charge in [-0.25, -0.2) is 0 Å². The third-order valence-corrected chi connectivity index (χ3v) is 5.87. The highest BCUT2D eigenvalue weighted by molar-refractivity contribution is 6.20. The van der Waals surface area contributed by atoms with Crippen molar-refractivity contribution in [2.75, 3.05) is 0 Å². The van der Waals surface area contributed by atoms with Crippen molar-refractivity contribution < 1.29 is 0 Å². The zero-order valence-corrected chi connectivity index (χ0v) is 15.1. The van der Waals surface area contributed by atoms with Crippen LogP contribution in [0.5, 0.6) is 0 Å². The molecule has 0 aromatic rings. The van der Waals surface area contributed by atoms with Crippen molar-refractivity contribution in [1.29, 1.82) is 0 Å². The van der Waals surface area contributed by atoms with Crippen molar-refractivity contribution in [2.45, 2.75) is 104 Å². The molecule has 120 valence electrons. The summed E-state index contributed by atoms with van der Waals surface area (Å²) in [5, 5.41) is 0.452. The predicted octanol–water partition coefficient (Wildman–Crippen LogP) is 7.20. The molecule has 0 aromatic heterocycles. The summed E-state index contributed by atoms with van der Waals surface area (Å²) in [6.45, 7) is 9.49. The maximum Gasteiger partial charge on any atom is 0.0364 e. The molecule has 0 radical (unpaired) electrons. The van der Waals surface area contributed by atoms with Crippen molar-refractivity contribution in [3.05, 3.63) is 0 Å². The van der Waals surface area contributed by atoms with Gasteiger partial charge in [0.15, 0.2) is 0 Å². The lowest BCUT2D eigenvalue weighted by Crippen LogP contribution is -2.32. The molecule has 0 saturated heterocycles. The highest BCUT2D eigenvalue weighted by atomic mass is 35.5. The first kappa shape index (κ1) is 18.3. The molecule has 1 aliphatic carbocycles. The van der Waals surface area contributed by atoms with Crippen LogP contribution in [0.3, 0.4) is 0 Å². The average Bonchev–Trinajstić information content (AvgIpc) is 2.38. The lowest BCUT2D eigenvalue weighted by Gasteiger charge is -2.40. The van der Waals surface area contributed by atoms with E-state index in [9.17, 15) is 0 Å². The topological polar surface area (TPSA) is 0 Å². The van der Waals surface area contributed by atoms with Crippen molar-refractivity contribution in [1.82, 2.24) is 0 Å². The summed E-state index contributed by atoms with van der Waals surface area (Å²) in [6.07, 6.45) is 15.2. The molecule has 1 heteroatoms. The van der Waals surface area contributed by atoms with Crippen LogP contribution >= 0.6 is 11.6 Å². The fourth-order valence-corrected chi connectivity index (χ4v) is 4.03. The van der Waals surface area contributed by atoms with E-state index >= 15 is 0 Å². The average molecular weight is 301 g/mol. The predicted molar refractivity (Wildman–Crippen MR) is 92.5 cm³/mol. The van der Waals surface area contributed by atoms with E-state index < -0.39 is 0 Å². The van der Waals surface area contributed by atoms with Gasteiger partial charge in [0.05, 0.1) is 0 Å². The molecule has 0 aromatic carbocycles. The minimum Gasteiger partial charge on any atom is -0.123 e. The maximum atomic E-state index is 6.58. The Balaban J connectivity index is 2.17. The van der Waals surface area contributed by atoms with Crippen LogP contribution in [-0.4, -0.2) is 5.38 Å². The third kappa shape index (κ3) is 6.83. The Bertz CT molecular complexity index is 241. The second-order valence-corrected chi connectivity index (χ2v) is 8.62. The summed E-state index contributed by atoms with van der Waals surface area (Å²) in [5.41, 5.74) is 0.468. The molecule has 0 amide bonds. The van der Waals surface area contributed by atoms with Gasteiger partial charge in [0.25, 0.3) is 0 Å². The summed E-state index contributed by atoms with van der Waals surface area (Å²) in [6, 6.07) is 0. The van der Waals surface area contributed by atoms with Gasteiger partial charge >= 0.3 is 0 Å². The normalized spacial score (nSPS) is 27.8. The smallest absolute Gasteiger partial charge is 0.0364 e. The SMILES string of the molecule is CCCCCCCCCC1CC(C(C)(C)C)CCC1Cl. The van der Waals surface area contributed by atoms with Gasteiger partial charge in [0, 0.05) is 5.38 Å². The fraction of sp³-hybridized carbons (Fsp3) is 1.00. The van der Waals surface area contributed by atoms with E-state index in [1.807, 2.05) is 0 Å². The van der Waals surface area contributed by atoms with E-state index in [4.69, 9.17) is 11.6 Å². The first-order chi connectivity index (χ1) is 9.45. The standard InChI is InChI=1S/C19H37Cl/c1-5-6-7-8-9-10-11-12-16-15-17(19(2,3)4)13-14-18(16)20/h16-18H,5-15H2,1-4H3. The Labute approximate surface area is 133 Å². The number of halogens is 1. The zero-order chi connectivity index (χ0) is 15.0. The summed E-state index contributed by atoms with van der Waals surface area (Å²) >= 11 is 6.58. The molecule has 0 N–H and O–H groups in total. The van der Waals surface area contributed by atoms with E-state index in [2.05, 4.69) is 27.7 Å². The van der Waals surface area contributed by atoms with Crippen LogP contribution in [0.15, 0.2) is 0 Å². The van der Waals surface area contributed by atoms with Crippen LogP contribution in [-0.2, 0) is 0 Å². The Kier molecular flexibility index (Phi) is 8.56. The Morgan fingerprint density at radius 3 is 2.10 bits per heavy atom. The first-order valence-electron chi connectivity index (χ1n) is 9.09. The molecule has 3 unspecified atom stereocenters. The highest BCUT2D eigenvalue weighted by Crippen LogP contribution is 2.43. The van der Waals surface area contributed by atoms with Crippen molar-refractivity contribution >= 4 is 11.6 Å². The van der Waals surface area contributed by atoms with Crippen LogP contribution in [0.1, 0.15) is 98.3 Å². The second-order valence-electron chi connectivity index (χ2n) is 8.06. The van der Waals surface area contributed by atoms with Gasteiger partial charge in [-0.05, 0) is 42.9 Å². The van der Waals surface area contributed by atoms with Gasteiger partial charge in [-0.1, -0.05) is 72.6 Å². The van der Waals surface area contributed by atoms with E-state index in [-0.39, 0.29) is 0 Å². The molecule has 0 nitrogen and oxygen atoms in total. The second kappa shape index (κ2) is 9.34. The van der Waals surface area contributed by atoms with Crippen LogP contribution in [0, 0.1) is 17.3 Å². The monoisotopic (exact) mass is 300 g/mol. The quantitative estimate of drug-likeness (QED) is 0.328. The molecule has 1 fully saturated rings. The van der Waals surface area contributed by atoms with Crippen LogP contribution in [0.25, 0.3) is 0 Å². The summed E-state index contributed by atoms with van der Waals surface area (Å²) in [5.74, 6) is 1.66. The molecule has 3 atom stereocenters. The third-order valence-electron chi connectivity index (χ3n) is 5.29. The summed E-state index contributed by atoms with van der Waals surface area (Å²) in [7, 11) is 0. The van der Waals surface area contributed by atoms with Crippen molar-refractivity contribution in [3.63, 3.8) is 0 Å². The van der Waals surface area contributed by atoms with E-state index in [0.29, 0.717) is 10.8 Å². The Morgan fingerprint density at radius 1 is 0.900 bits per heavy atom. The lowest BCUT2D eigenvalue weighted by molar-refractivity contribution is 0.138. The number of hydrogen-bond donors (Lipinski definition) is 0. The molecule has 1 saturated carbocycles. The van der Waals surface area contributed by atoms with E-state index in [1.165, 1.54) is 70.6 Å². The molecular formula is C19H37Cl. The molecule has 0 aliphatic heterocycles. The number of unbranched alkanes of at least 4 members (excludes halogenated alkanes) is 6. The molecule has 0 spiro atoms. The first-order valence-corrected chi connectivity index (χ1v) is 9.53. The molecule has 1 aliphatic rings. The Morgan fingerprint density at radius 2 is 1.50 bits per heavy atom. The maximum absolute atomic E-state index is 6.58. The van der Waals surface area contributed by atoms with Gasteiger partial charge < -0.3 is 0 Å². The molecule has 0 bridgehead atoms. The fourth-order valence-electron chi connectivity index (χ4n) is 3.68. The van der Waals surface area contributed by atoms with Crippen LogP contribution in [0.2, 0.25) is 0 Å². The molecule has 0 heterocycles. The zero-order valence-electron chi connectivity index (χ0n) is 14.4.